The van der Waals surface area contributed by atoms with Crippen LogP contribution in [0.15, 0.2) is 43.2 Å². The molecule has 0 saturated carbocycles. The van der Waals surface area contributed by atoms with Crippen molar-refractivity contribution < 1.29 is 0 Å². The minimum Gasteiger partial charge on any atom is -0.352 e. The van der Waals surface area contributed by atoms with E-state index in [4.69, 9.17) is 0 Å². The maximum atomic E-state index is 4.43. The number of rotatable bonds is 3. The summed E-state index contributed by atoms with van der Waals surface area (Å²) in [5, 5.41) is 12.8. The van der Waals surface area contributed by atoms with Gasteiger partial charge in [0.1, 0.15) is 11.8 Å². The highest BCUT2D eigenvalue weighted by atomic mass is 15.4. The summed E-state index contributed by atoms with van der Waals surface area (Å²) in [7, 11) is 0. The molecule has 26 heavy (non-hydrogen) atoms. The lowest BCUT2D eigenvalue weighted by molar-refractivity contribution is 0.637. The zero-order valence-electron chi connectivity index (χ0n) is 13.9. The number of aromatic nitrogens is 8. The maximum Gasteiger partial charge on any atom is 0.182 e. The van der Waals surface area contributed by atoms with Crippen molar-refractivity contribution in [1.29, 1.82) is 0 Å². The number of anilines is 2. The van der Waals surface area contributed by atoms with Gasteiger partial charge in [0.15, 0.2) is 23.1 Å². The van der Waals surface area contributed by atoms with Gasteiger partial charge in [-0.25, -0.2) is 19.6 Å². The lowest BCUT2D eigenvalue weighted by Gasteiger charge is -2.35. The normalized spacial score (nSPS) is 14.9. The lowest BCUT2D eigenvalue weighted by atomic mass is 10.3. The van der Waals surface area contributed by atoms with Crippen molar-refractivity contribution in [3.8, 4) is 5.82 Å². The van der Waals surface area contributed by atoms with Crippen molar-refractivity contribution in [2.24, 2.45) is 0 Å². The van der Waals surface area contributed by atoms with Crippen LogP contribution in [0.5, 0.6) is 0 Å². The van der Waals surface area contributed by atoms with Gasteiger partial charge in [-0.3, -0.25) is 0 Å². The first-order chi connectivity index (χ1) is 12.9. The largest absolute Gasteiger partial charge is 0.352 e. The molecule has 0 spiro atoms. The summed E-state index contributed by atoms with van der Waals surface area (Å²) in [4.78, 5) is 20.4. The molecule has 0 aliphatic carbocycles. The van der Waals surface area contributed by atoms with Crippen LogP contribution in [0.3, 0.4) is 0 Å². The summed E-state index contributed by atoms with van der Waals surface area (Å²) in [5.41, 5.74) is 1.57. The monoisotopic (exact) mass is 348 g/mol. The zero-order chi connectivity index (χ0) is 17.3. The Morgan fingerprint density at radius 1 is 0.885 bits per heavy atom. The standard InChI is InChI=1S/C16H16N10/c1-4-21-26(5-1)13-3-2-12(22-23-13)24-6-8-25(9-7-24)16-14-15(18-10-17-14)19-11-20-16/h1-5,10-11H,6-9H2,(H,17,18,19,20). The van der Waals surface area contributed by atoms with Gasteiger partial charge in [0.05, 0.1) is 6.33 Å². The quantitative estimate of drug-likeness (QED) is 0.576. The Morgan fingerprint density at radius 3 is 2.46 bits per heavy atom. The molecule has 0 aromatic carbocycles. The Hall–Kier alpha value is -3.56. The van der Waals surface area contributed by atoms with Gasteiger partial charge in [0.2, 0.25) is 0 Å². The average molecular weight is 348 g/mol. The van der Waals surface area contributed by atoms with E-state index in [-0.39, 0.29) is 0 Å². The summed E-state index contributed by atoms with van der Waals surface area (Å²) in [6, 6.07) is 5.77. The zero-order valence-corrected chi connectivity index (χ0v) is 13.9. The van der Waals surface area contributed by atoms with Crippen molar-refractivity contribution in [3.63, 3.8) is 0 Å². The Labute approximate surface area is 148 Å². The van der Waals surface area contributed by atoms with Gasteiger partial charge in [-0.15, -0.1) is 10.2 Å². The van der Waals surface area contributed by atoms with Gasteiger partial charge in [-0.2, -0.15) is 5.10 Å². The second-order valence-electron chi connectivity index (χ2n) is 5.97. The van der Waals surface area contributed by atoms with E-state index in [0.717, 1.165) is 43.3 Å². The fraction of sp³-hybridized carbons (Fsp3) is 0.250. The Bertz CT molecular complexity index is 999. The molecule has 5 heterocycles. The first-order valence-corrected chi connectivity index (χ1v) is 8.36. The number of aromatic amines is 1. The highest BCUT2D eigenvalue weighted by molar-refractivity contribution is 5.82. The molecule has 0 radical (unpaired) electrons. The number of hydrogen-bond donors (Lipinski definition) is 1. The van der Waals surface area contributed by atoms with Gasteiger partial charge in [-0.05, 0) is 18.2 Å². The number of imidazole rings is 1. The lowest BCUT2D eigenvalue weighted by Crippen LogP contribution is -2.47. The molecule has 10 nitrogen and oxygen atoms in total. The van der Waals surface area contributed by atoms with Crippen LogP contribution in [-0.2, 0) is 0 Å². The molecule has 5 rings (SSSR count). The minimum atomic E-state index is 0.692. The van der Waals surface area contributed by atoms with E-state index in [1.807, 2.05) is 24.4 Å². The minimum absolute atomic E-state index is 0.692. The summed E-state index contributed by atoms with van der Waals surface area (Å²) < 4.78 is 1.69. The second-order valence-corrected chi connectivity index (χ2v) is 5.97. The summed E-state index contributed by atoms with van der Waals surface area (Å²) >= 11 is 0. The first-order valence-electron chi connectivity index (χ1n) is 8.36. The molecule has 4 aromatic rings. The van der Waals surface area contributed by atoms with Gasteiger partial charge < -0.3 is 14.8 Å². The van der Waals surface area contributed by atoms with E-state index in [0.29, 0.717) is 11.5 Å². The molecule has 1 fully saturated rings. The number of hydrogen-bond acceptors (Lipinski definition) is 8. The molecule has 1 saturated heterocycles. The Morgan fingerprint density at radius 2 is 1.69 bits per heavy atom. The third-order valence-electron chi connectivity index (χ3n) is 4.48. The third-order valence-corrected chi connectivity index (χ3v) is 4.48. The molecule has 4 aromatic heterocycles. The molecule has 0 amide bonds. The number of fused-ring (bicyclic) bond motifs is 1. The van der Waals surface area contributed by atoms with Crippen molar-refractivity contribution in [2.45, 2.75) is 0 Å². The molecule has 0 atom stereocenters. The highest BCUT2D eigenvalue weighted by Gasteiger charge is 2.21. The molecular formula is C16H16N10. The van der Waals surface area contributed by atoms with E-state index in [1.165, 1.54) is 0 Å². The van der Waals surface area contributed by atoms with Crippen molar-refractivity contribution >= 4 is 22.8 Å². The predicted molar refractivity (Wildman–Crippen MR) is 95.3 cm³/mol. The highest BCUT2D eigenvalue weighted by Crippen LogP contribution is 2.22. The average Bonchev–Trinajstić information content (AvgIpc) is 3.40. The van der Waals surface area contributed by atoms with Gasteiger partial charge in [0, 0.05) is 38.6 Å². The Balaban J connectivity index is 1.30. The van der Waals surface area contributed by atoms with Crippen molar-refractivity contribution in [3.05, 3.63) is 43.2 Å². The van der Waals surface area contributed by atoms with Crippen LogP contribution in [0.2, 0.25) is 0 Å². The molecule has 1 N–H and O–H groups in total. The molecule has 0 unspecified atom stereocenters. The summed E-state index contributed by atoms with van der Waals surface area (Å²) in [5.74, 6) is 2.47. The Kier molecular flexibility index (Phi) is 3.44. The van der Waals surface area contributed by atoms with Crippen LogP contribution in [0.1, 0.15) is 0 Å². The van der Waals surface area contributed by atoms with E-state index in [1.54, 1.807) is 23.5 Å². The SMILES string of the molecule is c1cnn(-c2ccc(N3CCN(c4ncnc5nc[nH]c45)CC3)nn2)c1. The topological polar surface area (TPSA) is 105 Å². The number of H-pyrrole nitrogens is 1. The molecular weight excluding hydrogens is 332 g/mol. The molecule has 10 heteroatoms. The van der Waals surface area contributed by atoms with Crippen molar-refractivity contribution in [2.75, 3.05) is 36.0 Å². The van der Waals surface area contributed by atoms with Gasteiger partial charge >= 0.3 is 0 Å². The number of nitrogens with zero attached hydrogens (tertiary/aromatic N) is 9. The van der Waals surface area contributed by atoms with Gasteiger partial charge in [-0.1, -0.05) is 0 Å². The van der Waals surface area contributed by atoms with Crippen LogP contribution in [-0.4, -0.2) is 66.1 Å². The molecule has 1 aliphatic heterocycles. The van der Waals surface area contributed by atoms with E-state index in [9.17, 15) is 0 Å². The van der Waals surface area contributed by atoms with Crippen LogP contribution >= 0.6 is 0 Å². The molecule has 130 valence electrons. The predicted octanol–water partition coefficient (Wildman–Crippen LogP) is 0.655. The third kappa shape index (κ3) is 2.51. The first kappa shape index (κ1) is 14.8. The fourth-order valence-electron chi connectivity index (χ4n) is 3.15. The van der Waals surface area contributed by atoms with Crippen LogP contribution in [0.25, 0.3) is 17.0 Å². The summed E-state index contributed by atoms with van der Waals surface area (Å²) in [6.07, 6.45) is 6.78. The summed E-state index contributed by atoms with van der Waals surface area (Å²) in [6.45, 7) is 3.37. The second kappa shape index (κ2) is 6.06. The van der Waals surface area contributed by atoms with E-state index in [2.05, 4.69) is 45.0 Å². The number of piperazine rings is 1. The van der Waals surface area contributed by atoms with Crippen LogP contribution < -0.4 is 9.80 Å². The van der Waals surface area contributed by atoms with Crippen molar-refractivity contribution in [1.82, 2.24) is 39.9 Å². The smallest absolute Gasteiger partial charge is 0.182 e. The van der Waals surface area contributed by atoms with Crippen LogP contribution in [0.4, 0.5) is 11.6 Å². The maximum absolute atomic E-state index is 4.43. The molecule has 1 aliphatic rings. The van der Waals surface area contributed by atoms with Crippen LogP contribution in [0, 0.1) is 0 Å². The number of nitrogens with one attached hydrogen (secondary N) is 1. The molecule has 0 bridgehead atoms. The fourth-order valence-corrected chi connectivity index (χ4v) is 3.15. The van der Waals surface area contributed by atoms with E-state index >= 15 is 0 Å². The van der Waals surface area contributed by atoms with E-state index < -0.39 is 0 Å². The van der Waals surface area contributed by atoms with Gasteiger partial charge in [0.25, 0.3) is 0 Å².